The molecule has 2 aromatic heterocycles. The Kier molecular flexibility index (Phi) is 6.46. The fourth-order valence-electron chi connectivity index (χ4n) is 4.08. The third kappa shape index (κ3) is 4.83. The second-order valence-corrected chi connectivity index (χ2v) is 9.04. The van der Waals surface area contributed by atoms with Crippen molar-refractivity contribution >= 4 is 7.82 Å². The minimum Gasteiger partial charge on any atom is -0.303 e. The number of benzene rings is 2. The summed E-state index contributed by atoms with van der Waals surface area (Å²) in [5, 5.41) is 8.15. The molecular weight excluding hydrogens is 467 g/mol. The van der Waals surface area contributed by atoms with Gasteiger partial charge in [0.25, 0.3) is 0 Å². The summed E-state index contributed by atoms with van der Waals surface area (Å²) >= 11 is 0. The summed E-state index contributed by atoms with van der Waals surface area (Å²) in [5.41, 5.74) is 0.142. The van der Waals surface area contributed by atoms with Crippen molar-refractivity contribution in [2.75, 3.05) is 0 Å². The first-order valence-corrected chi connectivity index (χ1v) is 11.7. The van der Waals surface area contributed by atoms with Crippen LogP contribution in [0.1, 0.15) is 24.0 Å². The molecule has 0 amide bonds. The fraction of sp³-hybridized carbons (Fsp3) is 0.227. The number of hydrogen-bond acceptors (Lipinski definition) is 5. The van der Waals surface area contributed by atoms with Crippen LogP contribution in [0.2, 0.25) is 0 Å². The summed E-state index contributed by atoms with van der Waals surface area (Å²) in [6.45, 7) is 1.35. The van der Waals surface area contributed by atoms with Crippen molar-refractivity contribution in [2.24, 2.45) is 7.05 Å². The van der Waals surface area contributed by atoms with Crippen molar-refractivity contribution in [1.82, 2.24) is 24.5 Å². The average molecular weight is 489 g/mol. The highest BCUT2D eigenvalue weighted by Crippen LogP contribution is 2.53. The maximum atomic E-state index is 15.1. The van der Waals surface area contributed by atoms with Gasteiger partial charge in [0.05, 0.1) is 12.2 Å². The van der Waals surface area contributed by atoms with E-state index in [4.69, 9.17) is 4.52 Å². The summed E-state index contributed by atoms with van der Waals surface area (Å²) in [5.74, 6) is -2.66. The van der Waals surface area contributed by atoms with E-state index < -0.39 is 31.0 Å². The van der Waals surface area contributed by atoms with E-state index >= 15 is 4.39 Å². The van der Waals surface area contributed by atoms with E-state index in [0.29, 0.717) is 11.6 Å². The molecule has 2 atom stereocenters. The van der Waals surface area contributed by atoms with Crippen LogP contribution in [0.25, 0.3) is 11.3 Å². The Hall–Kier alpha value is -3.24. The van der Waals surface area contributed by atoms with Gasteiger partial charge in [-0.3, -0.25) is 9.21 Å². The first-order valence-electron chi connectivity index (χ1n) is 10.2. The average Bonchev–Trinajstić information content (AvgIpc) is 3.43. The molecule has 178 valence electrons. The van der Waals surface area contributed by atoms with Gasteiger partial charge in [-0.15, -0.1) is 0 Å². The summed E-state index contributed by atoms with van der Waals surface area (Å²) < 4.78 is 49.3. The van der Waals surface area contributed by atoms with Gasteiger partial charge < -0.3 is 9.79 Å². The van der Waals surface area contributed by atoms with E-state index in [1.54, 1.807) is 37.0 Å². The third-order valence-corrected chi connectivity index (χ3v) is 6.32. The Morgan fingerprint density at radius 2 is 1.85 bits per heavy atom. The van der Waals surface area contributed by atoms with Crippen LogP contribution in [0.5, 0.6) is 0 Å². The summed E-state index contributed by atoms with van der Waals surface area (Å²) in [4.78, 5) is 23.5. The van der Waals surface area contributed by atoms with Crippen molar-refractivity contribution in [3.05, 3.63) is 90.1 Å². The minimum absolute atomic E-state index is 0.226. The molecule has 34 heavy (non-hydrogen) atoms. The largest absolute Gasteiger partial charge is 0.470 e. The molecule has 12 heteroatoms. The Labute approximate surface area is 193 Å². The SMILES string of the molecule is C[C@@H](c1ccc(-c2ccnn2C)cc1)[C@@](Cn1cncn1)(OP(=O)(O)O)c1ccc(F)cc1F. The first-order chi connectivity index (χ1) is 16.1. The zero-order valence-corrected chi connectivity index (χ0v) is 19.2. The predicted molar refractivity (Wildman–Crippen MR) is 118 cm³/mol. The third-order valence-electron chi connectivity index (χ3n) is 5.76. The van der Waals surface area contributed by atoms with Crippen LogP contribution in [0.3, 0.4) is 0 Å². The Morgan fingerprint density at radius 3 is 2.41 bits per heavy atom. The highest BCUT2D eigenvalue weighted by atomic mass is 31.2. The van der Waals surface area contributed by atoms with Crippen molar-refractivity contribution in [3.63, 3.8) is 0 Å². The van der Waals surface area contributed by atoms with Gasteiger partial charge in [-0.05, 0) is 23.3 Å². The molecule has 9 nitrogen and oxygen atoms in total. The first kappa shape index (κ1) is 23.9. The van der Waals surface area contributed by atoms with Gasteiger partial charge in [-0.1, -0.05) is 37.3 Å². The lowest BCUT2D eigenvalue weighted by molar-refractivity contribution is -0.0106. The number of nitrogens with zero attached hydrogens (tertiary/aromatic N) is 5. The monoisotopic (exact) mass is 489 g/mol. The zero-order chi connectivity index (χ0) is 24.5. The topological polar surface area (TPSA) is 115 Å². The molecule has 2 aromatic carbocycles. The fourth-order valence-corrected chi connectivity index (χ4v) is 4.82. The van der Waals surface area contributed by atoms with Gasteiger partial charge in [0.15, 0.2) is 0 Å². The minimum atomic E-state index is -5.17. The van der Waals surface area contributed by atoms with Gasteiger partial charge >= 0.3 is 7.82 Å². The molecule has 4 rings (SSSR count). The summed E-state index contributed by atoms with van der Waals surface area (Å²) in [7, 11) is -3.36. The van der Waals surface area contributed by atoms with E-state index in [-0.39, 0.29) is 12.1 Å². The molecule has 0 saturated heterocycles. The van der Waals surface area contributed by atoms with Gasteiger partial charge in [0.1, 0.15) is 29.9 Å². The normalized spacial score (nSPS) is 14.6. The molecule has 2 N–H and O–H groups in total. The smallest absolute Gasteiger partial charge is 0.303 e. The predicted octanol–water partition coefficient (Wildman–Crippen LogP) is 3.77. The molecule has 4 aromatic rings. The Bertz CT molecular complexity index is 1320. The van der Waals surface area contributed by atoms with E-state index in [0.717, 1.165) is 23.4 Å². The van der Waals surface area contributed by atoms with E-state index in [9.17, 15) is 18.7 Å². The van der Waals surface area contributed by atoms with Crippen molar-refractivity contribution in [2.45, 2.75) is 25.0 Å². The molecule has 2 heterocycles. The number of halogens is 2. The highest BCUT2D eigenvalue weighted by molar-refractivity contribution is 7.46. The lowest BCUT2D eigenvalue weighted by atomic mass is 9.77. The van der Waals surface area contributed by atoms with Crippen molar-refractivity contribution < 1.29 is 27.7 Å². The van der Waals surface area contributed by atoms with Crippen LogP contribution in [-0.2, 0) is 28.3 Å². The standard InChI is InChI=1S/C22H22F2N5O4P/c1-15(16-3-5-17(6-4-16)21-9-10-26-28(21)2)22(33-34(30,31)32,12-29-14-25-13-27-29)19-8-7-18(23)11-20(19)24/h3-11,13-15H,12H2,1-2H3,(H2,30,31,32)/t15-,22+/m0/s1. The summed E-state index contributed by atoms with van der Waals surface area (Å²) in [6, 6.07) is 11.8. The van der Waals surface area contributed by atoms with Gasteiger partial charge in [0, 0.05) is 30.8 Å². The van der Waals surface area contributed by atoms with E-state index in [2.05, 4.69) is 15.2 Å². The molecule has 0 unspecified atom stereocenters. The second-order valence-electron chi connectivity index (χ2n) is 7.87. The highest BCUT2D eigenvalue weighted by Gasteiger charge is 2.47. The number of rotatable bonds is 8. The number of hydrogen-bond donors (Lipinski definition) is 2. The molecule has 0 spiro atoms. The Morgan fingerprint density at radius 1 is 1.12 bits per heavy atom. The quantitative estimate of drug-likeness (QED) is 0.362. The maximum Gasteiger partial charge on any atom is 0.470 e. The van der Waals surface area contributed by atoms with Crippen molar-refractivity contribution in [1.29, 1.82) is 0 Å². The number of aryl methyl sites for hydroxylation is 1. The number of phosphoric acid groups is 1. The van der Waals surface area contributed by atoms with Crippen LogP contribution in [-0.4, -0.2) is 34.3 Å². The lowest BCUT2D eigenvalue weighted by Crippen LogP contribution is -2.40. The van der Waals surface area contributed by atoms with Crippen LogP contribution in [0, 0.1) is 11.6 Å². The second kappa shape index (κ2) is 9.19. The molecular formula is C22H22F2N5O4P. The van der Waals surface area contributed by atoms with Gasteiger partial charge in [-0.2, -0.15) is 10.2 Å². The van der Waals surface area contributed by atoms with E-state index in [1.165, 1.54) is 17.3 Å². The molecule has 0 radical (unpaired) electrons. The van der Waals surface area contributed by atoms with Gasteiger partial charge in [0.2, 0.25) is 0 Å². The molecule has 0 saturated carbocycles. The molecule has 0 aliphatic carbocycles. The number of aromatic nitrogens is 5. The van der Waals surface area contributed by atoms with Crippen LogP contribution in [0.15, 0.2) is 67.4 Å². The zero-order valence-electron chi connectivity index (χ0n) is 18.3. The summed E-state index contributed by atoms with van der Waals surface area (Å²) in [6.07, 6.45) is 4.22. The van der Waals surface area contributed by atoms with Crippen LogP contribution in [0.4, 0.5) is 8.78 Å². The van der Waals surface area contributed by atoms with Gasteiger partial charge in [-0.25, -0.2) is 23.0 Å². The molecule has 0 bridgehead atoms. The molecule has 0 aliphatic heterocycles. The molecule has 0 aliphatic rings. The number of phosphoric ester groups is 1. The van der Waals surface area contributed by atoms with Crippen molar-refractivity contribution in [3.8, 4) is 11.3 Å². The maximum absolute atomic E-state index is 15.1. The van der Waals surface area contributed by atoms with Crippen LogP contribution < -0.4 is 0 Å². The molecule has 0 fully saturated rings. The lowest BCUT2D eigenvalue weighted by Gasteiger charge is -2.39. The Balaban J connectivity index is 1.86. The van der Waals surface area contributed by atoms with Crippen LogP contribution >= 0.6 is 7.82 Å². The van der Waals surface area contributed by atoms with E-state index in [1.807, 2.05) is 18.2 Å².